The predicted molar refractivity (Wildman–Crippen MR) is 75.0 cm³/mol. The molecule has 0 aliphatic carbocycles. The lowest BCUT2D eigenvalue weighted by Gasteiger charge is -2.09. The number of oxime groups is 1. The van der Waals surface area contributed by atoms with E-state index in [2.05, 4.69) is 26.1 Å². The summed E-state index contributed by atoms with van der Waals surface area (Å²) >= 11 is 4.93. The monoisotopic (exact) mass is 323 g/mol. The van der Waals surface area contributed by atoms with Gasteiger partial charge in [-0.3, -0.25) is 4.98 Å². The van der Waals surface area contributed by atoms with Gasteiger partial charge >= 0.3 is 0 Å². The van der Waals surface area contributed by atoms with Gasteiger partial charge in [0, 0.05) is 32.2 Å². The first kappa shape index (κ1) is 12.9. The highest BCUT2D eigenvalue weighted by molar-refractivity contribution is 9.10. The van der Waals surface area contributed by atoms with Crippen LogP contribution in [0.5, 0.6) is 0 Å². The van der Waals surface area contributed by atoms with Crippen LogP contribution in [0.3, 0.4) is 0 Å². The van der Waals surface area contributed by atoms with Crippen molar-refractivity contribution in [3.05, 3.63) is 52.8 Å². The van der Waals surface area contributed by atoms with Crippen LogP contribution in [0.1, 0.15) is 5.56 Å². The molecule has 2 aromatic rings. The van der Waals surface area contributed by atoms with Crippen molar-refractivity contribution in [1.29, 1.82) is 0 Å². The molecule has 1 heterocycles. The lowest BCUT2D eigenvalue weighted by atomic mass is 10.2. The standard InChI is InChI=1S/C12H10BrN3OS/c13-9-2-1-3-10(11(9)12(14)16-17)18-8-4-6-15-7-5-8/h1-7,17H,(H2,14,16). The van der Waals surface area contributed by atoms with Gasteiger partial charge in [-0.25, -0.2) is 0 Å². The van der Waals surface area contributed by atoms with Crippen LogP contribution in [-0.4, -0.2) is 16.0 Å². The van der Waals surface area contributed by atoms with E-state index < -0.39 is 0 Å². The number of rotatable bonds is 3. The number of hydrogen-bond donors (Lipinski definition) is 2. The van der Waals surface area contributed by atoms with Gasteiger partial charge in [-0.1, -0.05) is 23.0 Å². The van der Waals surface area contributed by atoms with Gasteiger partial charge in [0.25, 0.3) is 0 Å². The van der Waals surface area contributed by atoms with Crippen LogP contribution in [0.4, 0.5) is 0 Å². The van der Waals surface area contributed by atoms with Crippen molar-refractivity contribution < 1.29 is 5.21 Å². The van der Waals surface area contributed by atoms with E-state index in [1.807, 2.05) is 30.3 Å². The minimum atomic E-state index is 0.0824. The Morgan fingerprint density at radius 1 is 1.28 bits per heavy atom. The highest BCUT2D eigenvalue weighted by Gasteiger charge is 2.12. The van der Waals surface area contributed by atoms with Crippen LogP contribution in [0.2, 0.25) is 0 Å². The van der Waals surface area contributed by atoms with Gasteiger partial charge in [-0.2, -0.15) is 0 Å². The van der Waals surface area contributed by atoms with Crippen LogP contribution >= 0.6 is 27.7 Å². The summed E-state index contributed by atoms with van der Waals surface area (Å²) in [6.07, 6.45) is 3.45. The summed E-state index contributed by atoms with van der Waals surface area (Å²) in [7, 11) is 0. The second kappa shape index (κ2) is 5.88. The van der Waals surface area contributed by atoms with Gasteiger partial charge in [0.1, 0.15) is 0 Å². The van der Waals surface area contributed by atoms with Crippen molar-refractivity contribution in [3.8, 4) is 0 Å². The van der Waals surface area contributed by atoms with Crippen molar-refractivity contribution in [2.75, 3.05) is 0 Å². The molecule has 1 aromatic carbocycles. The summed E-state index contributed by atoms with van der Waals surface area (Å²) in [5, 5.41) is 11.9. The number of amidine groups is 1. The summed E-state index contributed by atoms with van der Waals surface area (Å²) in [5.74, 6) is 0.0824. The molecule has 92 valence electrons. The summed E-state index contributed by atoms with van der Waals surface area (Å²) < 4.78 is 0.789. The van der Waals surface area contributed by atoms with E-state index in [-0.39, 0.29) is 5.84 Å². The second-order valence-corrected chi connectivity index (χ2v) is 5.35. The van der Waals surface area contributed by atoms with E-state index in [0.29, 0.717) is 5.56 Å². The molecule has 2 rings (SSSR count). The molecule has 0 saturated heterocycles. The minimum absolute atomic E-state index is 0.0824. The van der Waals surface area contributed by atoms with E-state index in [1.165, 1.54) is 11.8 Å². The molecule has 3 N–H and O–H groups in total. The van der Waals surface area contributed by atoms with Gasteiger partial charge in [0.2, 0.25) is 0 Å². The van der Waals surface area contributed by atoms with Crippen LogP contribution in [0.25, 0.3) is 0 Å². The molecular formula is C12H10BrN3OS. The highest BCUT2D eigenvalue weighted by Crippen LogP contribution is 2.33. The van der Waals surface area contributed by atoms with Gasteiger partial charge < -0.3 is 10.9 Å². The van der Waals surface area contributed by atoms with Gasteiger partial charge in [-0.15, -0.1) is 0 Å². The van der Waals surface area contributed by atoms with Crippen LogP contribution < -0.4 is 5.73 Å². The Bertz CT molecular complexity index is 575. The fraction of sp³-hybridized carbons (Fsp3) is 0. The maximum absolute atomic E-state index is 8.83. The maximum atomic E-state index is 8.83. The number of pyridine rings is 1. The average molecular weight is 324 g/mol. The fourth-order valence-electron chi connectivity index (χ4n) is 1.42. The van der Waals surface area contributed by atoms with Crippen molar-refractivity contribution in [2.45, 2.75) is 9.79 Å². The summed E-state index contributed by atoms with van der Waals surface area (Å²) in [6.45, 7) is 0. The zero-order chi connectivity index (χ0) is 13.0. The Morgan fingerprint density at radius 2 is 2.00 bits per heavy atom. The molecule has 0 atom stereocenters. The SMILES string of the molecule is N/C(=N/O)c1c(Br)cccc1Sc1ccncc1. The zero-order valence-corrected chi connectivity index (χ0v) is 11.6. The Labute approximate surface area is 117 Å². The van der Waals surface area contributed by atoms with Crippen LogP contribution in [0, 0.1) is 0 Å². The van der Waals surface area contributed by atoms with E-state index in [9.17, 15) is 0 Å². The van der Waals surface area contributed by atoms with Gasteiger partial charge in [0.05, 0.1) is 0 Å². The molecule has 18 heavy (non-hydrogen) atoms. The molecule has 0 amide bonds. The molecule has 0 bridgehead atoms. The summed E-state index contributed by atoms with van der Waals surface area (Å²) in [4.78, 5) is 5.91. The molecule has 0 unspecified atom stereocenters. The summed E-state index contributed by atoms with van der Waals surface area (Å²) in [6, 6.07) is 9.48. The van der Waals surface area contributed by atoms with Gasteiger partial charge in [-0.05, 0) is 40.2 Å². The van der Waals surface area contributed by atoms with Gasteiger partial charge in [0.15, 0.2) is 5.84 Å². The first-order chi connectivity index (χ1) is 8.72. The van der Waals surface area contributed by atoms with E-state index in [0.717, 1.165) is 14.3 Å². The number of nitrogens with two attached hydrogens (primary N) is 1. The topological polar surface area (TPSA) is 71.5 Å². The fourth-order valence-corrected chi connectivity index (χ4v) is 3.10. The third kappa shape index (κ3) is 2.83. The normalized spacial score (nSPS) is 11.5. The number of benzene rings is 1. The number of nitrogens with zero attached hydrogens (tertiary/aromatic N) is 2. The van der Waals surface area contributed by atoms with Crippen LogP contribution in [-0.2, 0) is 0 Å². The lowest BCUT2D eigenvalue weighted by molar-refractivity contribution is 0.318. The average Bonchev–Trinajstić information content (AvgIpc) is 2.39. The number of hydrogen-bond acceptors (Lipinski definition) is 4. The molecule has 0 fully saturated rings. The molecule has 4 nitrogen and oxygen atoms in total. The lowest BCUT2D eigenvalue weighted by Crippen LogP contribution is -2.15. The van der Waals surface area contributed by atoms with E-state index >= 15 is 0 Å². The van der Waals surface area contributed by atoms with E-state index in [1.54, 1.807) is 12.4 Å². The molecule has 0 radical (unpaired) electrons. The molecule has 6 heteroatoms. The number of halogens is 1. The molecular weight excluding hydrogens is 314 g/mol. The van der Waals surface area contributed by atoms with Crippen LogP contribution in [0.15, 0.2) is 62.1 Å². The van der Waals surface area contributed by atoms with Crippen molar-refractivity contribution in [3.63, 3.8) is 0 Å². The molecule has 0 aliphatic heterocycles. The predicted octanol–water partition coefficient (Wildman–Crippen LogP) is 3.09. The summed E-state index contributed by atoms with van der Waals surface area (Å²) in [5.41, 5.74) is 6.38. The first-order valence-corrected chi connectivity index (χ1v) is 6.67. The minimum Gasteiger partial charge on any atom is -0.409 e. The number of aromatic nitrogens is 1. The van der Waals surface area contributed by atoms with Crippen molar-refractivity contribution in [2.24, 2.45) is 10.9 Å². The Hall–Kier alpha value is -1.53. The largest absolute Gasteiger partial charge is 0.409 e. The Morgan fingerprint density at radius 3 is 2.67 bits per heavy atom. The Balaban J connectivity index is 2.42. The highest BCUT2D eigenvalue weighted by atomic mass is 79.9. The molecule has 0 saturated carbocycles. The molecule has 1 aromatic heterocycles. The first-order valence-electron chi connectivity index (χ1n) is 5.06. The molecule has 0 spiro atoms. The quantitative estimate of drug-likeness (QED) is 0.394. The molecule has 0 aliphatic rings. The smallest absolute Gasteiger partial charge is 0.172 e. The zero-order valence-electron chi connectivity index (χ0n) is 9.25. The second-order valence-electron chi connectivity index (χ2n) is 3.38. The van der Waals surface area contributed by atoms with Crippen molar-refractivity contribution in [1.82, 2.24) is 4.98 Å². The Kier molecular flexibility index (Phi) is 4.22. The third-order valence-corrected chi connectivity index (χ3v) is 3.95. The third-order valence-electron chi connectivity index (χ3n) is 2.22. The maximum Gasteiger partial charge on any atom is 0.172 e. The van der Waals surface area contributed by atoms with E-state index in [4.69, 9.17) is 10.9 Å². The van der Waals surface area contributed by atoms with Crippen molar-refractivity contribution >= 4 is 33.5 Å².